The maximum atomic E-state index is 11.8. The summed E-state index contributed by atoms with van der Waals surface area (Å²) in [7, 11) is 0. The largest absolute Gasteiger partial charge is 0.508 e. The lowest BCUT2D eigenvalue weighted by molar-refractivity contribution is 0.0950. The zero-order chi connectivity index (χ0) is 13.7. The molecule has 1 atom stereocenters. The summed E-state index contributed by atoms with van der Waals surface area (Å²) >= 11 is 3.49. The van der Waals surface area contributed by atoms with E-state index in [1.807, 2.05) is 0 Å². The second-order valence-corrected chi connectivity index (χ2v) is 5.93. The lowest BCUT2D eigenvalue weighted by atomic mass is 10.1. The predicted octanol–water partition coefficient (Wildman–Crippen LogP) is 2.64. The molecule has 0 saturated heterocycles. The van der Waals surface area contributed by atoms with E-state index in [9.17, 15) is 15.0 Å². The molecule has 1 rings (SSSR count). The molecule has 1 aromatic rings. The molecule has 0 aliphatic carbocycles. The summed E-state index contributed by atoms with van der Waals surface area (Å²) in [4.78, 5) is 12.0. The molecule has 0 radical (unpaired) electrons. The SMILES string of the molecule is CC(C)CC(Br)CNC(=O)c1cc(O)ccc1O. The Morgan fingerprint density at radius 2 is 2.06 bits per heavy atom. The van der Waals surface area contributed by atoms with Gasteiger partial charge in [0.25, 0.3) is 5.91 Å². The van der Waals surface area contributed by atoms with Gasteiger partial charge in [-0.05, 0) is 30.5 Å². The second-order valence-electron chi connectivity index (χ2n) is 4.64. The third kappa shape index (κ3) is 4.56. The average Bonchev–Trinajstić information content (AvgIpc) is 2.28. The highest BCUT2D eigenvalue weighted by Crippen LogP contribution is 2.22. The Morgan fingerprint density at radius 3 is 2.67 bits per heavy atom. The quantitative estimate of drug-likeness (QED) is 0.578. The van der Waals surface area contributed by atoms with Crippen LogP contribution in [0.4, 0.5) is 0 Å². The Balaban J connectivity index is 2.58. The molecule has 0 aliphatic rings. The van der Waals surface area contributed by atoms with Crippen molar-refractivity contribution in [2.75, 3.05) is 6.54 Å². The molecule has 0 aliphatic heterocycles. The van der Waals surface area contributed by atoms with Gasteiger partial charge in [0.05, 0.1) is 5.56 Å². The van der Waals surface area contributed by atoms with Crippen LogP contribution in [-0.2, 0) is 0 Å². The summed E-state index contributed by atoms with van der Waals surface area (Å²) in [5.41, 5.74) is 0.0826. The molecule has 1 unspecified atom stereocenters. The van der Waals surface area contributed by atoms with Gasteiger partial charge in [0.1, 0.15) is 11.5 Å². The number of nitrogens with one attached hydrogen (secondary N) is 1. The van der Waals surface area contributed by atoms with Gasteiger partial charge in [-0.1, -0.05) is 29.8 Å². The van der Waals surface area contributed by atoms with Gasteiger partial charge in [0, 0.05) is 11.4 Å². The maximum absolute atomic E-state index is 11.8. The average molecular weight is 316 g/mol. The van der Waals surface area contributed by atoms with Crippen molar-refractivity contribution >= 4 is 21.8 Å². The first-order chi connectivity index (χ1) is 8.40. The summed E-state index contributed by atoms with van der Waals surface area (Å²) in [6.07, 6.45) is 0.951. The topological polar surface area (TPSA) is 69.6 Å². The van der Waals surface area contributed by atoms with Crippen molar-refractivity contribution in [3.8, 4) is 11.5 Å². The molecule has 0 fully saturated rings. The van der Waals surface area contributed by atoms with Crippen LogP contribution >= 0.6 is 15.9 Å². The molecule has 18 heavy (non-hydrogen) atoms. The molecule has 0 saturated carbocycles. The van der Waals surface area contributed by atoms with Gasteiger partial charge in [-0.2, -0.15) is 0 Å². The number of hydrogen-bond acceptors (Lipinski definition) is 3. The molecule has 100 valence electrons. The van der Waals surface area contributed by atoms with Crippen LogP contribution < -0.4 is 5.32 Å². The predicted molar refractivity (Wildman–Crippen MR) is 74.3 cm³/mol. The second kappa shape index (κ2) is 6.64. The number of phenols is 2. The molecule has 0 aromatic heterocycles. The van der Waals surface area contributed by atoms with Crippen molar-refractivity contribution in [1.29, 1.82) is 0 Å². The van der Waals surface area contributed by atoms with Crippen molar-refractivity contribution in [3.63, 3.8) is 0 Å². The van der Waals surface area contributed by atoms with Crippen molar-refractivity contribution < 1.29 is 15.0 Å². The van der Waals surface area contributed by atoms with Gasteiger partial charge in [-0.15, -0.1) is 0 Å². The summed E-state index contributed by atoms with van der Waals surface area (Å²) in [5, 5.41) is 21.5. The van der Waals surface area contributed by atoms with Crippen LogP contribution in [0.25, 0.3) is 0 Å². The Bertz CT molecular complexity index is 421. The molecule has 0 heterocycles. The number of hydrogen-bond donors (Lipinski definition) is 3. The number of carbonyl (C=O) groups is 1. The third-order valence-electron chi connectivity index (χ3n) is 2.44. The zero-order valence-corrected chi connectivity index (χ0v) is 12.1. The van der Waals surface area contributed by atoms with Gasteiger partial charge in [0.15, 0.2) is 0 Å². The Morgan fingerprint density at radius 1 is 1.39 bits per heavy atom. The van der Waals surface area contributed by atoms with Crippen LogP contribution in [0, 0.1) is 5.92 Å². The number of carbonyl (C=O) groups excluding carboxylic acids is 1. The number of aromatic hydroxyl groups is 2. The first-order valence-corrected chi connectivity index (χ1v) is 6.76. The lowest BCUT2D eigenvalue weighted by Gasteiger charge is -2.13. The number of alkyl halides is 1. The van der Waals surface area contributed by atoms with Crippen LogP contribution in [0.5, 0.6) is 11.5 Å². The van der Waals surface area contributed by atoms with Gasteiger partial charge in [-0.3, -0.25) is 4.79 Å². The van der Waals surface area contributed by atoms with Gasteiger partial charge in [-0.25, -0.2) is 0 Å². The number of benzene rings is 1. The minimum atomic E-state index is -0.392. The molecule has 5 heteroatoms. The number of halogens is 1. The normalized spacial score (nSPS) is 12.4. The van der Waals surface area contributed by atoms with Crippen LogP contribution in [0.2, 0.25) is 0 Å². The zero-order valence-electron chi connectivity index (χ0n) is 10.5. The molecular formula is C13H18BrNO3. The first kappa shape index (κ1) is 14.8. The summed E-state index contributed by atoms with van der Waals surface area (Å²) in [5.74, 6) is -0.0344. The highest BCUT2D eigenvalue weighted by molar-refractivity contribution is 9.09. The van der Waals surface area contributed by atoms with Gasteiger partial charge in [0.2, 0.25) is 0 Å². The van der Waals surface area contributed by atoms with Crippen molar-refractivity contribution in [2.24, 2.45) is 5.92 Å². The fraction of sp³-hybridized carbons (Fsp3) is 0.462. The van der Waals surface area contributed by atoms with Crippen molar-refractivity contribution in [2.45, 2.75) is 25.1 Å². The first-order valence-electron chi connectivity index (χ1n) is 5.84. The van der Waals surface area contributed by atoms with Crippen LogP contribution in [0.1, 0.15) is 30.6 Å². The van der Waals surface area contributed by atoms with Crippen molar-refractivity contribution in [1.82, 2.24) is 5.32 Å². The summed E-state index contributed by atoms with van der Waals surface area (Å²) in [6, 6.07) is 3.87. The molecular weight excluding hydrogens is 298 g/mol. The number of phenolic OH excluding ortho intramolecular Hbond substituents is 2. The Hall–Kier alpha value is -1.23. The van der Waals surface area contributed by atoms with E-state index in [2.05, 4.69) is 35.1 Å². The Labute approximate surface area is 115 Å². The highest BCUT2D eigenvalue weighted by Gasteiger charge is 2.14. The smallest absolute Gasteiger partial charge is 0.255 e. The minimum absolute atomic E-state index is 0.0458. The van der Waals surface area contributed by atoms with E-state index in [1.165, 1.54) is 18.2 Å². The molecule has 0 spiro atoms. The van der Waals surface area contributed by atoms with Gasteiger partial charge >= 0.3 is 0 Å². The fourth-order valence-corrected chi connectivity index (χ4v) is 2.51. The number of rotatable bonds is 5. The molecule has 4 nitrogen and oxygen atoms in total. The monoisotopic (exact) mass is 315 g/mol. The number of amides is 1. The van der Waals surface area contributed by atoms with Crippen LogP contribution in [0.15, 0.2) is 18.2 Å². The van der Waals surface area contributed by atoms with E-state index in [1.54, 1.807) is 0 Å². The Kier molecular flexibility index (Phi) is 5.47. The van der Waals surface area contributed by atoms with Gasteiger partial charge < -0.3 is 15.5 Å². The standard InChI is InChI=1S/C13H18BrNO3/c1-8(2)5-9(14)7-15-13(18)11-6-10(16)3-4-12(11)17/h3-4,6,8-9,16-17H,5,7H2,1-2H3,(H,15,18). The summed E-state index contributed by atoms with van der Waals surface area (Å²) < 4.78 is 0. The summed E-state index contributed by atoms with van der Waals surface area (Å²) in [6.45, 7) is 4.69. The lowest BCUT2D eigenvalue weighted by Crippen LogP contribution is -2.30. The van der Waals surface area contributed by atoms with Crippen LogP contribution in [-0.4, -0.2) is 27.5 Å². The fourth-order valence-electron chi connectivity index (χ4n) is 1.60. The highest BCUT2D eigenvalue weighted by atomic mass is 79.9. The van der Waals surface area contributed by atoms with Crippen molar-refractivity contribution in [3.05, 3.63) is 23.8 Å². The van der Waals surface area contributed by atoms with E-state index in [0.717, 1.165) is 6.42 Å². The van der Waals surface area contributed by atoms with E-state index in [0.29, 0.717) is 12.5 Å². The molecule has 1 aromatic carbocycles. The van der Waals surface area contributed by atoms with E-state index >= 15 is 0 Å². The van der Waals surface area contributed by atoms with E-state index < -0.39 is 5.91 Å². The minimum Gasteiger partial charge on any atom is -0.508 e. The molecule has 0 bridgehead atoms. The van der Waals surface area contributed by atoms with Crippen LogP contribution in [0.3, 0.4) is 0 Å². The van der Waals surface area contributed by atoms with E-state index in [-0.39, 0.29) is 21.9 Å². The molecule has 3 N–H and O–H groups in total. The third-order valence-corrected chi connectivity index (χ3v) is 3.13. The maximum Gasteiger partial charge on any atom is 0.255 e. The molecule has 1 amide bonds. The van der Waals surface area contributed by atoms with E-state index in [4.69, 9.17) is 0 Å².